The van der Waals surface area contributed by atoms with Crippen molar-refractivity contribution in [3.8, 4) is 11.5 Å². The zero-order chi connectivity index (χ0) is 24.0. The highest BCUT2D eigenvalue weighted by Gasteiger charge is 2.22. The lowest BCUT2D eigenvalue weighted by atomic mass is 10.3. The lowest BCUT2D eigenvalue weighted by Gasteiger charge is -2.23. The first-order valence-electron chi connectivity index (χ1n) is 10.4. The fourth-order valence-electron chi connectivity index (χ4n) is 3.24. The standard InChI is InChI=1S/C22H26N4O5S2.ClH/c1-5-24(6-2)13-14-25(18(27)11-7-15-8-12-19(32-15)26(28)29)22-23-20-16(30-3)9-10-17(31-4)21(20)33-22;/h7-12H,5-6,13-14H2,1-4H3;1H. The number of likely N-dealkylation sites (N-methyl/N-ethyl adjacent to an activating group) is 1. The maximum absolute atomic E-state index is 13.2. The zero-order valence-corrected chi connectivity index (χ0v) is 21.8. The molecule has 3 rings (SSSR count). The molecule has 0 spiro atoms. The molecule has 3 aromatic rings. The van der Waals surface area contributed by atoms with Crippen LogP contribution in [-0.2, 0) is 4.79 Å². The predicted octanol–water partition coefficient (Wildman–Crippen LogP) is 5.09. The predicted molar refractivity (Wildman–Crippen MR) is 140 cm³/mol. The quantitative estimate of drug-likeness (QED) is 0.195. The van der Waals surface area contributed by atoms with Crippen molar-refractivity contribution in [2.75, 3.05) is 45.3 Å². The average Bonchev–Trinajstić information content (AvgIpc) is 3.47. The van der Waals surface area contributed by atoms with Gasteiger partial charge in [0.15, 0.2) is 5.13 Å². The van der Waals surface area contributed by atoms with Gasteiger partial charge in [-0.3, -0.25) is 19.8 Å². The number of hydrogen-bond donors (Lipinski definition) is 0. The largest absolute Gasteiger partial charge is 0.495 e. The van der Waals surface area contributed by atoms with Crippen molar-refractivity contribution < 1.29 is 19.2 Å². The molecule has 184 valence electrons. The molecule has 0 fully saturated rings. The van der Waals surface area contributed by atoms with E-state index in [1.54, 1.807) is 37.3 Å². The van der Waals surface area contributed by atoms with Gasteiger partial charge in [0, 0.05) is 30.1 Å². The van der Waals surface area contributed by atoms with Crippen molar-refractivity contribution in [1.29, 1.82) is 0 Å². The lowest BCUT2D eigenvalue weighted by Crippen LogP contribution is -2.38. The maximum Gasteiger partial charge on any atom is 0.324 e. The molecule has 0 atom stereocenters. The number of benzene rings is 1. The number of aromatic nitrogens is 1. The van der Waals surface area contributed by atoms with E-state index in [2.05, 4.69) is 18.7 Å². The number of anilines is 1. The van der Waals surface area contributed by atoms with E-state index in [9.17, 15) is 14.9 Å². The molecule has 34 heavy (non-hydrogen) atoms. The number of nitro groups is 1. The molecule has 1 amide bonds. The molecule has 0 aliphatic heterocycles. The van der Waals surface area contributed by atoms with Crippen LogP contribution in [0, 0.1) is 10.1 Å². The monoisotopic (exact) mass is 526 g/mol. The van der Waals surface area contributed by atoms with Gasteiger partial charge in [-0.25, -0.2) is 4.98 Å². The molecule has 2 heterocycles. The van der Waals surface area contributed by atoms with E-state index in [4.69, 9.17) is 14.5 Å². The molecular formula is C22H27ClN4O5S2. The van der Waals surface area contributed by atoms with Crippen LogP contribution in [0.5, 0.6) is 11.5 Å². The third-order valence-corrected chi connectivity index (χ3v) is 7.21. The number of methoxy groups -OCH3 is 2. The van der Waals surface area contributed by atoms with Crippen molar-refractivity contribution in [3.63, 3.8) is 0 Å². The average molecular weight is 527 g/mol. The molecule has 0 radical (unpaired) electrons. The van der Waals surface area contributed by atoms with Gasteiger partial charge < -0.3 is 14.4 Å². The summed E-state index contributed by atoms with van der Waals surface area (Å²) in [5, 5.41) is 11.5. The number of ether oxygens (including phenoxy) is 2. The summed E-state index contributed by atoms with van der Waals surface area (Å²) in [7, 11) is 3.17. The molecule has 0 aliphatic carbocycles. The molecule has 0 bridgehead atoms. The summed E-state index contributed by atoms with van der Waals surface area (Å²) in [6.45, 7) is 7.02. The van der Waals surface area contributed by atoms with Gasteiger partial charge in [-0.15, -0.1) is 12.4 Å². The lowest BCUT2D eigenvalue weighted by molar-refractivity contribution is -0.380. The van der Waals surface area contributed by atoms with Crippen LogP contribution in [0.3, 0.4) is 0 Å². The number of rotatable bonds is 11. The van der Waals surface area contributed by atoms with E-state index in [1.165, 1.54) is 23.5 Å². The second-order valence-electron chi connectivity index (χ2n) is 6.93. The highest BCUT2D eigenvalue weighted by Crippen LogP contribution is 2.40. The van der Waals surface area contributed by atoms with Crippen LogP contribution in [-0.4, -0.2) is 61.1 Å². The molecule has 0 saturated carbocycles. The summed E-state index contributed by atoms with van der Waals surface area (Å²) in [5.74, 6) is 1.01. The summed E-state index contributed by atoms with van der Waals surface area (Å²) in [5.41, 5.74) is 0.635. The molecule has 2 aromatic heterocycles. The SMILES string of the molecule is CCN(CC)CCN(C(=O)C=Cc1ccc([N+](=O)[O-])s1)c1nc2c(OC)ccc(OC)c2s1.Cl. The van der Waals surface area contributed by atoms with Gasteiger partial charge in [-0.05, 0) is 37.4 Å². The first-order valence-corrected chi connectivity index (χ1v) is 12.0. The zero-order valence-electron chi connectivity index (χ0n) is 19.3. The summed E-state index contributed by atoms with van der Waals surface area (Å²) in [6, 6.07) is 6.66. The molecular weight excluding hydrogens is 500 g/mol. The Balaban J connectivity index is 0.00000408. The number of carbonyl (C=O) groups is 1. The van der Waals surface area contributed by atoms with Crippen LogP contribution < -0.4 is 14.4 Å². The number of nitrogens with zero attached hydrogens (tertiary/aromatic N) is 4. The fraction of sp³-hybridized carbons (Fsp3) is 0.364. The Bertz CT molecular complexity index is 1120. The van der Waals surface area contributed by atoms with Crippen LogP contribution in [0.15, 0.2) is 30.3 Å². The fourth-order valence-corrected chi connectivity index (χ4v) is 5.07. The van der Waals surface area contributed by atoms with E-state index < -0.39 is 4.92 Å². The van der Waals surface area contributed by atoms with Crippen LogP contribution in [0.2, 0.25) is 0 Å². The molecule has 1 aromatic carbocycles. The first kappa shape index (κ1) is 27.5. The Hall–Kier alpha value is -2.73. The van der Waals surface area contributed by atoms with Crippen LogP contribution >= 0.6 is 35.1 Å². The second kappa shape index (κ2) is 12.7. The van der Waals surface area contributed by atoms with Crippen LogP contribution in [0.1, 0.15) is 18.7 Å². The summed E-state index contributed by atoms with van der Waals surface area (Å²) in [4.78, 5) is 32.9. The van der Waals surface area contributed by atoms with E-state index in [1.807, 2.05) is 6.07 Å². The van der Waals surface area contributed by atoms with Crippen LogP contribution in [0.25, 0.3) is 16.3 Å². The number of thiophene rings is 1. The van der Waals surface area contributed by atoms with Crippen molar-refractivity contribution >= 4 is 67.4 Å². The molecule has 0 saturated heterocycles. The minimum atomic E-state index is -0.442. The summed E-state index contributed by atoms with van der Waals surface area (Å²) < 4.78 is 11.7. The van der Waals surface area contributed by atoms with E-state index >= 15 is 0 Å². The molecule has 0 aliphatic rings. The van der Waals surface area contributed by atoms with Gasteiger partial charge in [0.25, 0.3) is 5.91 Å². The number of fused-ring (bicyclic) bond motifs is 1. The summed E-state index contributed by atoms with van der Waals surface area (Å²) >= 11 is 2.38. The maximum atomic E-state index is 13.2. The van der Waals surface area contributed by atoms with Crippen molar-refractivity contribution in [1.82, 2.24) is 9.88 Å². The Morgan fingerprint density at radius 1 is 1.09 bits per heavy atom. The van der Waals surface area contributed by atoms with Crippen LogP contribution in [0.4, 0.5) is 10.1 Å². The Labute approximate surface area is 212 Å². The minimum Gasteiger partial charge on any atom is -0.495 e. The minimum absolute atomic E-state index is 0. The third-order valence-electron chi connectivity index (χ3n) is 5.11. The molecule has 12 heteroatoms. The summed E-state index contributed by atoms with van der Waals surface area (Å²) in [6.07, 6.45) is 3.03. The van der Waals surface area contributed by atoms with Crippen molar-refractivity contribution in [2.45, 2.75) is 13.8 Å². The highest BCUT2D eigenvalue weighted by atomic mass is 35.5. The molecule has 0 N–H and O–H groups in total. The smallest absolute Gasteiger partial charge is 0.324 e. The van der Waals surface area contributed by atoms with Gasteiger partial charge in [0.05, 0.1) is 19.1 Å². The molecule has 9 nitrogen and oxygen atoms in total. The molecule has 0 unspecified atom stereocenters. The van der Waals surface area contributed by atoms with Crippen molar-refractivity contribution in [3.05, 3.63) is 45.3 Å². The highest BCUT2D eigenvalue weighted by molar-refractivity contribution is 7.22. The third kappa shape index (κ3) is 6.23. The first-order chi connectivity index (χ1) is 15.9. The number of thiazole rings is 1. The van der Waals surface area contributed by atoms with Gasteiger partial charge >= 0.3 is 5.00 Å². The van der Waals surface area contributed by atoms with E-state index in [0.717, 1.165) is 29.1 Å². The topological polar surface area (TPSA) is 98.0 Å². The second-order valence-corrected chi connectivity index (χ2v) is 9.00. The number of hydrogen-bond acceptors (Lipinski definition) is 9. The van der Waals surface area contributed by atoms with Gasteiger partial charge in [-0.2, -0.15) is 0 Å². The Morgan fingerprint density at radius 3 is 2.35 bits per heavy atom. The normalized spacial score (nSPS) is 11.1. The number of amides is 1. The number of carbonyl (C=O) groups excluding carboxylic acids is 1. The Morgan fingerprint density at radius 2 is 1.76 bits per heavy atom. The van der Waals surface area contributed by atoms with E-state index in [-0.39, 0.29) is 23.3 Å². The van der Waals surface area contributed by atoms with Gasteiger partial charge in [0.2, 0.25) is 0 Å². The van der Waals surface area contributed by atoms with E-state index in [0.29, 0.717) is 40.1 Å². The van der Waals surface area contributed by atoms with Gasteiger partial charge in [-0.1, -0.05) is 36.5 Å². The number of halogens is 1. The van der Waals surface area contributed by atoms with Crippen molar-refractivity contribution in [2.24, 2.45) is 0 Å². The Kier molecular flexibility index (Phi) is 10.2. The van der Waals surface area contributed by atoms with Gasteiger partial charge in [0.1, 0.15) is 21.7 Å².